The molecule has 0 spiro atoms. The van der Waals surface area contributed by atoms with E-state index in [0.717, 1.165) is 5.56 Å². The molecule has 0 N–H and O–H groups in total. The molecular weight excluding hydrogens is 208 g/mol. The van der Waals surface area contributed by atoms with Crippen LogP contribution in [0.3, 0.4) is 0 Å². The molecular formula is C13H11ClO. The van der Waals surface area contributed by atoms with Crippen molar-refractivity contribution in [3.05, 3.63) is 66.8 Å². The van der Waals surface area contributed by atoms with E-state index in [0.29, 0.717) is 11.1 Å². The van der Waals surface area contributed by atoms with Gasteiger partial charge in [-0.2, -0.15) is 0 Å². The number of hydrogen-bond donors (Lipinski definition) is 0. The maximum Gasteiger partial charge on any atom is 0.252 e. The van der Waals surface area contributed by atoms with Crippen LogP contribution in [-0.2, 0) is 4.79 Å². The van der Waals surface area contributed by atoms with Crippen LogP contribution >= 0.6 is 11.6 Å². The zero-order valence-electron chi connectivity index (χ0n) is 8.24. The maximum absolute atomic E-state index is 11.1. The summed E-state index contributed by atoms with van der Waals surface area (Å²) in [4.78, 5) is 11.1. The van der Waals surface area contributed by atoms with Gasteiger partial charge in [0.15, 0.2) is 0 Å². The lowest BCUT2D eigenvalue weighted by Crippen LogP contribution is -1.94. The molecule has 1 nitrogen and oxygen atoms in total. The van der Waals surface area contributed by atoms with Gasteiger partial charge in [-0.3, -0.25) is 4.79 Å². The van der Waals surface area contributed by atoms with Crippen LogP contribution in [0.2, 0.25) is 0 Å². The average molecular weight is 219 g/mol. The Kier molecular flexibility index (Phi) is 4.07. The topological polar surface area (TPSA) is 17.1 Å². The number of benzene rings is 1. The molecule has 0 saturated heterocycles. The van der Waals surface area contributed by atoms with Crippen molar-refractivity contribution in [3.63, 3.8) is 0 Å². The summed E-state index contributed by atoms with van der Waals surface area (Å²) in [6.45, 7) is 7.24. The molecule has 0 amide bonds. The van der Waals surface area contributed by atoms with Gasteiger partial charge in [0.2, 0.25) is 0 Å². The van der Waals surface area contributed by atoms with E-state index in [9.17, 15) is 4.79 Å². The zero-order valence-corrected chi connectivity index (χ0v) is 9.00. The summed E-state index contributed by atoms with van der Waals surface area (Å²) in [5, 5.41) is -0.524. The molecule has 0 aromatic heterocycles. The van der Waals surface area contributed by atoms with Crippen molar-refractivity contribution in [1.82, 2.24) is 0 Å². The molecule has 0 atom stereocenters. The summed E-state index contributed by atoms with van der Waals surface area (Å²) in [6, 6.07) is 9.46. The van der Waals surface area contributed by atoms with Crippen LogP contribution in [-0.4, -0.2) is 5.24 Å². The Morgan fingerprint density at radius 2 is 1.73 bits per heavy atom. The SMILES string of the molecule is C=CC(C(=O)Cl)=C(C=C)c1ccccc1. The molecule has 76 valence electrons. The summed E-state index contributed by atoms with van der Waals surface area (Å²) < 4.78 is 0. The van der Waals surface area contributed by atoms with Gasteiger partial charge in [-0.05, 0) is 22.7 Å². The summed E-state index contributed by atoms with van der Waals surface area (Å²) in [5.74, 6) is 0. The average Bonchev–Trinajstić information content (AvgIpc) is 2.26. The van der Waals surface area contributed by atoms with Gasteiger partial charge < -0.3 is 0 Å². The van der Waals surface area contributed by atoms with E-state index >= 15 is 0 Å². The molecule has 0 bridgehead atoms. The maximum atomic E-state index is 11.1. The first-order chi connectivity index (χ1) is 7.20. The van der Waals surface area contributed by atoms with E-state index in [1.807, 2.05) is 30.3 Å². The third kappa shape index (κ3) is 2.67. The highest BCUT2D eigenvalue weighted by molar-refractivity contribution is 6.68. The Morgan fingerprint density at radius 3 is 2.13 bits per heavy atom. The van der Waals surface area contributed by atoms with Crippen LogP contribution in [0.25, 0.3) is 5.57 Å². The first kappa shape index (κ1) is 11.5. The minimum Gasteiger partial charge on any atom is -0.276 e. The molecule has 1 aromatic carbocycles. The van der Waals surface area contributed by atoms with Crippen molar-refractivity contribution in [3.8, 4) is 0 Å². The molecule has 1 aromatic rings. The fourth-order valence-electron chi connectivity index (χ4n) is 1.30. The van der Waals surface area contributed by atoms with Crippen molar-refractivity contribution in [1.29, 1.82) is 0 Å². The molecule has 0 heterocycles. The minimum atomic E-state index is -0.524. The molecule has 0 aliphatic carbocycles. The van der Waals surface area contributed by atoms with Crippen LogP contribution < -0.4 is 0 Å². The summed E-state index contributed by atoms with van der Waals surface area (Å²) in [6.07, 6.45) is 3.05. The van der Waals surface area contributed by atoms with E-state index in [1.54, 1.807) is 6.08 Å². The van der Waals surface area contributed by atoms with Gasteiger partial charge in [0.05, 0.1) is 0 Å². The third-order valence-electron chi connectivity index (χ3n) is 1.99. The molecule has 0 unspecified atom stereocenters. The summed E-state index contributed by atoms with van der Waals surface area (Å²) in [5.41, 5.74) is 1.97. The second-order valence-electron chi connectivity index (χ2n) is 2.88. The standard InChI is InChI=1S/C13H11ClO/c1-3-11(12(4-2)13(14)15)10-8-6-5-7-9-10/h3-9H,1-2H2. The Hall–Kier alpha value is -1.60. The van der Waals surface area contributed by atoms with Crippen LogP contribution in [0.1, 0.15) is 5.56 Å². The van der Waals surface area contributed by atoms with Crippen molar-refractivity contribution >= 4 is 22.4 Å². The molecule has 0 fully saturated rings. The minimum absolute atomic E-state index is 0.373. The van der Waals surface area contributed by atoms with Gasteiger partial charge in [-0.25, -0.2) is 0 Å². The lowest BCUT2D eigenvalue weighted by Gasteiger charge is -2.05. The van der Waals surface area contributed by atoms with E-state index in [-0.39, 0.29) is 0 Å². The van der Waals surface area contributed by atoms with Crippen LogP contribution in [0.15, 0.2) is 61.2 Å². The van der Waals surface area contributed by atoms with E-state index in [2.05, 4.69) is 13.2 Å². The fourth-order valence-corrected chi connectivity index (χ4v) is 1.48. The van der Waals surface area contributed by atoms with Crippen LogP contribution in [0, 0.1) is 0 Å². The largest absolute Gasteiger partial charge is 0.276 e. The smallest absolute Gasteiger partial charge is 0.252 e. The molecule has 1 rings (SSSR count). The number of halogens is 1. The highest BCUT2D eigenvalue weighted by atomic mass is 35.5. The Bertz CT molecular complexity index is 415. The number of hydrogen-bond acceptors (Lipinski definition) is 1. The van der Waals surface area contributed by atoms with Gasteiger partial charge in [0.1, 0.15) is 0 Å². The van der Waals surface area contributed by atoms with Gasteiger partial charge in [0.25, 0.3) is 5.24 Å². The predicted octanol–water partition coefficient (Wildman–Crippen LogP) is 3.58. The Labute approximate surface area is 94.4 Å². The van der Waals surface area contributed by atoms with Crippen molar-refractivity contribution in [2.45, 2.75) is 0 Å². The van der Waals surface area contributed by atoms with E-state index in [1.165, 1.54) is 6.08 Å². The molecule has 0 aliphatic heterocycles. The molecule has 0 radical (unpaired) electrons. The third-order valence-corrected chi connectivity index (χ3v) is 2.20. The molecule has 0 saturated carbocycles. The summed E-state index contributed by atoms with van der Waals surface area (Å²) in [7, 11) is 0. The number of carbonyl (C=O) groups is 1. The van der Waals surface area contributed by atoms with Crippen LogP contribution in [0.5, 0.6) is 0 Å². The second kappa shape index (κ2) is 5.32. The highest BCUT2D eigenvalue weighted by Gasteiger charge is 2.08. The Balaban J connectivity index is 3.35. The lowest BCUT2D eigenvalue weighted by molar-refractivity contribution is -0.108. The number of rotatable bonds is 4. The van der Waals surface area contributed by atoms with Gasteiger partial charge in [0, 0.05) is 5.57 Å². The van der Waals surface area contributed by atoms with Crippen molar-refractivity contribution < 1.29 is 4.79 Å². The molecule has 0 aliphatic rings. The normalized spacial score (nSPS) is 11.5. The fraction of sp³-hybridized carbons (Fsp3) is 0. The quantitative estimate of drug-likeness (QED) is 0.429. The van der Waals surface area contributed by atoms with Crippen LogP contribution in [0.4, 0.5) is 0 Å². The van der Waals surface area contributed by atoms with Gasteiger partial charge in [-0.15, -0.1) is 0 Å². The molecule has 2 heteroatoms. The monoisotopic (exact) mass is 218 g/mol. The lowest BCUT2D eigenvalue weighted by atomic mass is 10.0. The predicted molar refractivity (Wildman–Crippen MR) is 64.6 cm³/mol. The van der Waals surface area contributed by atoms with Gasteiger partial charge in [-0.1, -0.05) is 55.6 Å². The highest BCUT2D eigenvalue weighted by Crippen LogP contribution is 2.21. The van der Waals surface area contributed by atoms with Crippen molar-refractivity contribution in [2.75, 3.05) is 0 Å². The molecule has 15 heavy (non-hydrogen) atoms. The number of carbonyl (C=O) groups excluding carboxylic acids is 1. The summed E-state index contributed by atoms with van der Waals surface area (Å²) >= 11 is 5.45. The second-order valence-corrected chi connectivity index (χ2v) is 3.22. The Morgan fingerprint density at radius 1 is 1.13 bits per heavy atom. The van der Waals surface area contributed by atoms with E-state index < -0.39 is 5.24 Å². The van der Waals surface area contributed by atoms with Gasteiger partial charge >= 0.3 is 0 Å². The van der Waals surface area contributed by atoms with Crippen molar-refractivity contribution in [2.24, 2.45) is 0 Å². The number of allylic oxidation sites excluding steroid dienone is 4. The van der Waals surface area contributed by atoms with E-state index in [4.69, 9.17) is 11.6 Å². The zero-order chi connectivity index (χ0) is 11.3. The first-order valence-corrected chi connectivity index (χ1v) is 4.83. The first-order valence-electron chi connectivity index (χ1n) is 4.45.